The third-order valence-electron chi connectivity index (χ3n) is 1.10. The molecule has 0 aliphatic carbocycles. The molecule has 1 saturated heterocycles. The summed E-state index contributed by atoms with van der Waals surface area (Å²) in [6, 6.07) is 0. The summed E-state index contributed by atoms with van der Waals surface area (Å²) in [6.07, 6.45) is -0.225. The Morgan fingerprint density at radius 1 is 1.75 bits per heavy atom. The zero-order valence-electron chi connectivity index (χ0n) is 4.83. The van der Waals surface area contributed by atoms with Gasteiger partial charge in [0.1, 0.15) is 6.10 Å². The summed E-state index contributed by atoms with van der Waals surface area (Å²) in [7, 11) is 0. The Bertz CT molecular complexity index is 74.1. The summed E-state index contributed by atoms with van der Waals surface area (Å²) in [5, 5.41) is 8.48. The topological polar surface area (TPSA) is 38.7 Å². The lowest BCUT2D eigenvalue weighted by atomic mass is 10.4. The van der Waals surface area contributed by atoms with Gasteiger partial charge < -0.3 is 14.6 Å². The van der Waals surface area contributed by atoms with E-state index in [0.717, 1.165) is 0 Å². The average molecular weight is 118 g/mol. The molecule has 0 aromatic carbocycles. The highest BCUT2D eigenvalue weighted by Crippen LogP contribution is 2.08. The van der Waals surface area contributed by atoms with Crippen molar-refractivity contribution in [2.75, 3.05) is 13.2 Å². The van der Waals surface area contributed by atoms with Crippen LogP contribution >= 0.6 is 0 Å². The summed E-state index contributed by atoms with van der Waals surface area (Å²) < 4.78 is 10.0. The molecule has 0 aromatic rings. The van der Waals surface area contributed by atoms with Crippen LogP contribution in [-0.2, 0) is 9.47 Å². The first-order valence-corrected chi connectivity index (χ1v) is 2.71. The van der Waals surface area contributed by atoms with Crippen LogP contribution in [0, 0.1) is 0 Å². The fourth-order valence-corrected chi connectivity index (χ4v) is 0.688. The lowest BCUT2D eigenvalue weighted by Gasteiger charge is -2.01. The van der Waals surface area contributed by atoms with Crippen LogP contribution in [0.5, 0.6) is 0 Å². The molecule has 0 aromatic heterocycles. The van der Waals surface area contributed by atoms with Crippen molar-refractivity contribution >= 4 is 0 Å². The predicted octanol–water partition coefficient (Wildman–Crippen LogP) is -0.260. The Balaban J connectivity index is 2.22. The highest BCUT2D eigenvalue weighted by Gasteiger charge is 2.20. The molecule has 1 aliphatic rings. The average Bonchev–Trinajstić information content (AvgIpc) is 2.14. The zero-order chi connectivity index (χ0) is 5.98. The molecular weight excluding hydrogens is 108 g/mol. The fraction of sp³-hybridized carbons (Fsp3) is 1.00. The van der Waals surface area contributed by atoms with E-state index in [0.29, 0.717) is 6.61 Å². The van der Waals surface area contributed by atoms with Crippen LogP contribution in [0.25, 0.3) is 0 Å². The second-order valence-electron chi connectivity index (χ2n) is 1.84. The van der Waals surface area contributed by atoms with E-state index in [2.05, 4.69) is 0 Å². The molecular formula is C5H10O3. The molecule has 1 heterocycles. The van der Waals surface area contributed by atoms with Gasteiger partial charge >= 0.3 is 0 Å². The van der Waals surface area contributed by atoms with Crippen LogP contribution in [0.4, 0.5) is 0 Å². The molecule has 2 atom stereocenters. The monoisotopic (exact) mass is 118 g/mol. The van der Waals surface area contributed by atoms with Crippen molar-refractivity contribution in [2.45, 2.75) is 19.3 Å². The van der Waals surface area contributed by atoms with Crippen LogP contribution in [-0.4, -0.2) is 30.7 Å². The summed E-state index contributed by atoms with van der Waals surface area (Å²) in [5.74, 6) is 0. The van der Waals surface area contributed by atoms with Gasteiger partial charge in [-0.05, 0) is 6.92 Å². The minimum absolute atomic E-state index is 0.0599. The van der Waals surface area contributed by atoms with E-state index in [-0.39, 0.29) is 19.0 Å². The fourth-order valence-electron chi connectivity index (χ4n) is 0.688. The standard InChI is InChI=1S/C5H10O3/c1-4-7-3-5(2-6)8-4/h4-6H,2-3H2,1H3/t4?,5-/m1/s1. The maximum absolute atomic E-state index is 8.48. The van der Waals surface area contributed by atoms with Gasteiger partial charge in [-0.15, -0.1) is 0 Å². The first-order valence-electron chi connectivity index (χ1n) is 2.71. The summed E-state index contributed by atoms with van der Waals surface area (Å²) in [4.78, 5) is 0. The maximum atomic E-state index is 8.48. The highest BCUT2D eigenvalue weighted by molar-refractivity contribution is 4.59. The first kappa shape index (κ1) is 6.01. The molecule has 3 heteroatoms. The lowest BCUT2D eigenvalue weighted by molar-refractivity contribution is -0.0505. The van der Waals surface area contributed by atoms with Gasteiger partial charge in [0.15, 0.2) is 6.29 Å². The number of hydrogen-bond acceptors (Lipinski definition) is 3. The van der Waals surface area contributed by atoms with Crippen molar-refractivity contribution in [3.05, 3.63) is 0 Å². The normalized spacial score (nSPS) is 38.2. The van der Waals surface area contributed by atoms with Crippen molar-refractivity contribution < 1.29 is 14.6 Å². The second-order valence-corrected chi connectivity index (χ2v) is 1.84. The minimum atomic E-state index is -0.132. The van der Waals surface area contributed by atoms with Gasteiger partial charge in [-0.1, -0.05) is 0 Å². The molecule has 0 radical (unpaired) electrons. The predicted molar refractivity (Wildman–Crippen MR) is 27.4 cm³/mol. The van der Waals surface area contributed by atoms with Crippen molar-refractivity contribution in [3.63, 3.8) is 0 Å². The molecule has 1 aliphatic heterocycles. The maximum Gasteiger partial charge on any atom is 0.155 e. The molecule has 8 heavy (non-hydrogen) atoms. The van der Waals surface area contributed by atoms with Gasteiger partial charge in [-0.25, -0.2) is 0 Å². The van der Waals surface area contributed by atoms with E-state index < -0.39 is 0 Å². The molecule has 1 fully saturated rings. The van der Waals surface area contributed by atoms with Crippen LogP contribution in [0.2, 0.25) is 0 Å². The van der Waals surface area contributed by atoms with Gasteiger partial charge in [-0.2, -0.15) is 0 Å². The van der Waals surface area contributed by atoms with E-state index in [1.54, 1.807) is 0 Å². The summed E-state index contributed by atoms with van der Waals surface area (Å²) in [5.41, 5.74) is 0. The molecule has 0 amide bonds. The van der Waals surface area contributed by atoms with Gasteiger partial charge in [0, 0.05) is 0 Å². The van der Waals surface area contributed by atoms with E-state index in [9.17, 15) is 0 Å². The molecule has 0 spiro atoms. The van der Waals surface area contributed by atoms with E-state index in [4.69, 9.17) is 14.6 Å². The second kappa shape index (κ2) is 2.44. The van der Waals surface area contributed by atoms with Crippen LogP contribution in [0.3, 0.4) is 0 Å². The quantitative estimate of drug-likeness (QED) is 0.515. The molecule has 1 rings (SSSR count). The number of hydrogen-bond donors (Lipinski definition) is 1. The van der Waals surface area contributed by atoms with Crippen LogP contribution in [0.1, 0.15) is 6.92 Å². The molecule has 1 N–H and O–H groups in total. The Morgan fingerprint density at radius 3 is 2.75 bits per heavy atom. The van der Waals surface area contributed by atoms with Crippen molar-refractivity contribution in [2.24, 2.45) is 0 Å². The van der Waals surface area contributed by atoms with Gasteiger partial charge in [0.25, 0.3) is 0 Å². The van der Waals surface area contributed by atoms with Gasteiger partial charge in [0.2, 0.25) is 0 Å². The summed E-state index contributed by atoms with van der Waals surface area (Å²) >= 11 is 0. The van der Waals surface area contributed by atoms with Gasteiger partial charge in [-0.3, -0.25) is 0 Å². The third-order valence-corrected chi connectivity index (χ3v) is 1.10. The zero-order valence-corrected chi connectivity index (χ0v) is 4.83. The largest absolute Gasteiger partial charge is 0.394 e. The Hall–Kier alpha value is -0.120. The van der Waals surface area contributed by atoms with Crippen LogP contribution < -0.4 is 0 Å². The smallest absolute Gasteiger partial charge is 0.155 e. The summed E-state index contributed by atoms with van der Waals surface area (Å²) in [6.45, 7) is 2.40. The Labute approximate surface area is 48.2 Å². The Kier molecular flexibility index (Phi) is 1.83. The molecule has 1 unspecified atom stereocenters. The lowest BCUT2D eigenvalue weighted by Crippen LogP contribution is -2.14. The Morgan fingerprint density at radius 2 is 2.50 bits per heavy atom. The number of rotatable bonds is 1. The number of aliphatic hydroxyl groups excluding tert-OH is 1. The number of ether oxygens (including phenoxy) is 2. The van der Waals surface area contributed by atoms with E-state index >= 15 is 0 Å². The molecule has 3 nitrogen and oxygen atoms in total. The first-order chi connectivity index (χ1) is 3.83. The molecule has 48 valence electrons. The van der Waals surface area contributed by atoms with Crippen molar-refractivity contribution in [1.29, 1.82) is 0 Å². The molecule has 0 saturated carbocycles. The van der Waals surface area contributed by atoms with Crippen molar-refractivity contribution in [3.8, 4) is 0 Å². The highest BCUT2D eigenvalue weighted by atomic mass is 16.7. The number of aliphatic hydroxyl groups is 1. The molecule has 0 bridgehead atoms. The van der Waals surface area contributed by atoms with E-state index in [1.165, 1.54) is 0 Å². The SMILES string of the molecule is CC1OC[C@@H](CO)O1. The van der Waals surface area contributed by atoms with Crippen molar-refractivity contribution in [1.82, 2.24) is 0 Å². The van der Waals surface area contributed by atoms with Gasteiger partial charge in [0.05, 0.1) is 13.2 Å². The third kappa shape index (κ3) is 1.18. The van der Waals surface area contributed by atoms with Crippen LogP contribution in [0.15, 0.2) is 0 Å². The van der Waals surface area contributed by atoms with E-state index in [1.807, 2.05) is 6.92 Å². The minimum Gasteiger partial charge on any atom is -0.394 e.